The van der Waals surface area contributed by atoms with Crippen LogP contribution in [0.25, 0.3) is 0 Å². The summed E-state index contributed by atoms with van der Waals surface area (Å²) < 4.78 is 44.7. The number of ether oxygens (including phenoxy) is 1. The molecular formula is C23H24F3NO6. The van der Waals surface area contributed by atoms with Gasteiger partial charge in [0.25, 0.3) is 0 Å². The fourth-order valence-electron chi connectivity index (χ4n) is 3.75. The van der Waals surface area contributed by atoms with Crippen molar-refractivity contribution in [2.24, 2.45) is 0 Å². The molecule has 1 heterocycles. The molecule has 0 amide bonds. The first-order valence-electron chi connectivity index (χ1n) is 10.1. The largest absolute Gasteiger partial charge is 0.421 e. The second-order valence-electron chi connectivity index (χ2n) is 8.22. The lowest BCUT2D eigenvalue weighted by Crippen LogP contribution is -2.55. The number of alkyl halides is 3. The predicted octanol–water partition coefficient (Wildman–Crippen LogP) is 1.43. The van der Waals surface area contributed by atoms with Crippen molar-refractivity contribution in [3.8, 4) is 6.07 Å². The number of hydrogen-bond donors (Lipinski definition) is 5. The van der Waals surface area contributed by atoms with Gasteiger partial charge < -0.3 is 30.3 Å². The van der Waals surface area contributed by atoms with Crippen LogP contribution in [0, 0.1) is 11.3 Å². The van der Waals surface area contributed by atoms with E-state index in [1.54, 1.807) is 6.07 Å². The average molecular weight is 467 g/mol. The van der Waals surface area contributed by atoms with Gasteiger partial charge >= 0.3 is 6.18 Å². The second-order valence-corrected chi connectivity index (χ2v) is 8.22. The van der Waals surface area contributed by atoms with E-state index in [0.717, 1.165) is 12.1 Å². The maximum Gasteiger partial charge on any atom is 0.421 e. The molecule has 0 bridgehead atoms. The number of rotatable bonds is 5. The Hall–Kier alpha value is -2.52. The smallest absolute Gasteiger partial charge is 0.394 e. The molecule has 1 fully saturated rings. The van der Waals surface area contributed by atoms with Crippen molar-refractivity contribution >= 4 is 0 Å². The first kappa shape index (κ1) is 25.1. The summed E-state index contributed by atoms with van der Waals surface area (Å²) in [5.41, 5.74) is -1.60. The normalized spacial score (nSPS) is 27.6. The van der Waals surface area contributed by atoms with Gasteiger partial charge in [-0.3, -0.25) is 0 Å². The summed E-state index contributed by atoms with van der Waals surface area (Å²) >= 11 is 0. The average Bonchev–Trinajstić information content (AvgIpc) is 2.77. The molecule has 2 aromatic rings. The maximum absolute atomic E-state index is 13.1. The van der Waals surface area contributed by atoms with Crippen LogP contribution in [0.1, 0.15) is 40.8 Å². The molecule has 0 spiro atoms. The van der Waals surface area contributed by atoms with Gasteiger partial charge in [-0.1, -0.05) is 36.4 Å². The van der Waals surface area contributed by atoms with E-state index in [-0.39, 0.29) is 17.5 Å². The van der Waals surface area contributed by atoms with E-state index in [2.05, 4.69) is 0 Å². The van der Waals surface area contributed by atoms with Gasteiger partial charge in [0.05, 0.1) is 18.2 Å². The topological polar surface area (TPSA) is 134 Å². The van der Waals surface area contributed by atoms with Crippen molar-refractivity contribution in [2.75, 3.05) is 6.61 Å². The van der Waals surface area contributed by atoms with Crippen LogP contribution in [0.2, 0.25) is 0 Å². The van der Waals surface area contributed by atoms with Crippen molar-refractivity contribution in [2.45, 2.75) is 55.6 Å². The van der Waals surface area contributed by atoms with E-state index < -0.39 is 48.9 Å². The van der Waals surface area contributed by atoms with Crippen molar-refractivity contribution in [1.82, 2.24) is 0 Å². The SMILES string of the molecule is CC(O)(c1ccc(Cc2cc([C@@H]3O[C@H](CO)[C@@H](O)[C@H](O)[C@H]3O)ccc2C#N)cc1)C(F)(F)F. The maximum atomic E-state index is 13.1. The van der Waals surface area contributed by atoms with Gasteiger partial charge in [-0.05, 0) is 41.7 Å². The third-order valence-corrected chi connectivity index (χ3v) is 5.93. The summed E-state index contributed by atoms with van der Waals surface area (Å²) in [5, 5.41) is 59.0. The summed E-state index contributed by atoms with van der Waals surface area (Å²) in [5.74, 6) is 0. The quantitative estimate of drug-likeness (QED) is 0.449. The van der Waals surface area contributed by atoms with Crippen molar-refractivity contribution < 1.29 is 43.4 Å². The number of hydrogen-bond acceptors (Lipinski definition) is 7. The van der Waals surface area contributed by atoms with Gasteiger partial charge in [0.2, 0.25) is 0 Å². The Morgan fingerprint density at radius 2 is 1.64 bits per heavy atom. The highest BCUT2D eigenvalue weighted by atomic mass is 19.4. The number of halogens is 3. The Bertz CT molecular complexity index is 1020. The zero-order chi connectivity index (χ0) is 24.6. The van der Waals surface area contributed by atoms with E-state index in [9.17, 15) is 44.0 Å². The number of aliphatic hydroxyl groups is 5. The Balaban J connectivity index is 1.89. The number of nitrogens with zero attached hydrogens (tertiary/aromatic N) is 1. The molecule has 10 heteroatoms. The highest BCUT2D eigenvalue weighted by molar-refractivity contribution is 5.44. The highest BCUT2D eigenvalue weighted by Crippen LogP contribution is 2.38. The molecule has 5 N–H and O–H groups in total. The zero-order valence-electron chi connectivity index (χ0n) is 17.6. The lowest BCUT2D eigenvalue weighted by molar-refractivity contribution is -0.258. The molecule has 6 atom stereocenters. The molecule has 1 saturated heterocycles. The molecule has 0 aliphatic carbocycles. The van der Waals surface area contributed by atoms with E-state index in [1.165, 1.54) is 24.3 Å². The predicted molar refractivity (Wildman–Crippen MR) is 109 cm³/mol. The van der Waals surface area contributed by atoms with Gasteiger partial charge in [0.1, 0.15) is 30.5 Å². The lowest BCUT2D eigenvalue weighted by Gasteiger charge is -2.40. The van der Waals surface area contributed by atoms with Gasteiger partial charge in [-0.2, -0.15) is 18.4 Å². The first-order chi connectivity index (χ1) is 15.4. The summed E-state index contributed by atoms with van der Waals surface area (Å²) in [6, 6.07) is 11.7. The highest BCUT2D eigenvalue weighted by Gasteiger charge is 2.51. The molecule has 0 saturated carbocycles. The molecule has 0 radical (unpaired) electrons. The molecule has 178 valence electrons. The van der Waals surface area contributed by atoms with Crippen LogP contribution >= 0.6 is 0 Å². The third kappa shape index (κ3) is 4.89. The lowest BCUT2D eigenvalue weighted by atomic mass is 9.88. The molecule has 0 aromatic heterocycles. The van der Waals surface area contributed by atoms with E-state index >= 15 is 0 Å². The fraction of sp³-hybridized carbons (Fsp3) is 0.435. The molecule has 2 aromatic carbocycles. The molecule has 7 nitrogen and oxygen atoms in total. The number of benzene rings is 2. The Morgan fingerprint density at radius 1 is 1.00 bits per heavy atom. The van der Waals surface area contributed by atoms with Gasteiger partial charge in [0.15, 0.2) is 5.60 Å². The third-order valence-electron chi connectivity index (χ3n) is 5.93. The minimum atomic E-state index is -4.85. The van der Waals surface area contributed by atoms with Gasteiger partial charge in [-0.15, -0.1) is 0 Å². The molecule has 1 aliphatic heterocycles. The Labute approximate surface area is 187 Å². The molecule has 1 aliphatic rings. The standard InChI is InChI=1S/C23H24F3NO6/c1-22(32,23(24,25)26)16-6-2-12(3-7-16)8-15-9-13(4-5-14(15)10-27)21-20(31)19(30)18(29)17(11-28)33-21/h2-7,9,17-21,28-32H,8,11H2,1H3/t17-,18-,19+,20-,21+,22?/m1/s1. The van der Waals surface area contributed by atoms with Crippen LogP contribution in [0.4, 0.5) is 13.2 Å². The minimum absolute atomic E-state index is 0.155. The van der Waals surface area contributed by atoms with Crippen molar-refractivity contribution in [3.63, 3.8) is 0 Å². The van der Waals surface area contributed by atoms with Gasteiger partial charge in [0, 0.05) is 0 Å². The first-order valence-corrected chi connectivity index (χ1v) is 10.1. The summed E-state index contributed by atoms with van der Waals surface area (Å²) in [7, 11) is 0. The zero-order valence-corrected chi connectivity index (χ0v) is 17.6. The van der Waals surface area contributed by atoms with Gasteiger partial charge in [-0.25, -0.2) is 0 Å². The summed E-state index contributed by atoms with van der Waals surface area (Å²) in [4.78, 5) is 0. The van der Waals surface area contributed by atoms with Crippen LogP contribution < -0.4 is 0 Å². The molecule has 33 heavy (non-hydrogen) atoms. The fourth-order valence-corrected chi connectivity index (χ4v) is 3.75. The molecule has 3 rings (SSSR count). The second kappa shape index (κ2) is 9.38. The molecular weight excluding hydrogens is 443 g/mol. The minimum Gasteiger partial charge on any atom is -0.394 e. The van der Waals surface area contributed by atoms with Crippen LogP contribution in [-0.4, -0.2) is 62.7 Å². The van der Waals surface area contributed by atoms with E-state index in [1.807, 2.05) is 6.07 Å². The van der Waals surface area contributed by atoms with Crippen molar-refractivity contribution in [1.29, 1.82) is 5.26 Å². The summed E-state index contributed by atoms with van der Waals surface area (Å²) in [6.45, 7) is 0.0817. The Morgan fingerprint density at radius 3 is 2.18 bits per heavy atom. The van der Waals surface area contributed by atoms with E-state index in [4.69, 9.17) is 4.74 Å². The Kier molecular flexibility index (Phi) is 7.14. The number of aliphatic hydroxyl groups excluding tert-OH is 4. The van der Waals surface area contributed by atoms with Crippen molar-refractivity contribution in [3.05, 3.63) is 70.3 Å². The van der Waals surface area contributed by atoms with Crippen LogP contribution in [0.5, 0.6) is 0 Å². The molecule has 1 unspecified atom stereocenters. The van der Waals surface area contributed by atoms with Crippen LogP contribution in [-0.2, 0) is 16.8 Å². The summed E-state index contributed by atoms with van der Waals surface area (Å²) in [6.07, 6.45) is -11.4. The van der Waals surface area contributed by atoms with Crippen LogP contribution in [0.15, 0.2) is 42.5 Å². The number of nitriles is 1. The van der Waals surface area contributed by atoms with E-state index in [0.29, 0.717) is 23.6 Å². The monoisotopic (exact) mass is 467 g/mol. The van der Waals surface area contributed by atoms with Crippen LogP contribution in [0.3, 0.4) is 0 Å².